The highest BCUT2D eigenvalue weighted by atomic mass is 79.9. The van der Waals surface area contributed by atoms with E-state index in [0.717, 1.165) is 42.7 Å². The molecular weight excluding hydrogens is 299 g/mol. The van der Waals surface area contributed by atoms with E-state index in [4.69, 9.17) is 9.47 Å². The highest BCUT2D eigenvalue weighted by Gasteiger charge is 2.32. The van der Waals surface area contributed by atoms with Crippen molar-refractivity contribution in [3.63, 3.8) is 0 Å². The lowest BCUT2D eigenvalue weighted by Crippen LogP contribution is -2.36. The Hall–Kier alpha value is -0.610. The molecule has 2 nitrogen and oxygen atoms in total. The third-order valence-electron chi connectivity index (χ3n) is 3.51. The maximum Gasteiger partial charge on any atom is 0.123 e. The molecule has 0 amide bonds. The van der Waals surface area contributed by atoms with Crippen molar-refractivity contribution < 1.29 is 13.9 Å². The van der Waals surface area contributed by atoms with Crippen LogP contribution in [-0.4, -0.2) is 25.2 Å². The predicted octanol–water partition coefficient (Wildman–Crippen LogP) is 3.70. The molecule has 1 heterocycles. The first-order valence-corrected chi connectivity index (χ1v) is 7.30. The van der Waals surface area contributed by atoms with Crippen molar-refractivity contribution in [2.45, 2.75) is 19.8 Å². The van der Waals surface area contributed by atoms with Gasteiger partial charge in [-0.3, -0.25) is 0 Å². The number of hydrogen-bond donors (Lipinski definition) is 0. The van der Waals surface area contributed by atoms with Gasteiger partial charge in [0.05, 0.1) is 6.61 Å². The molecule has 1 aliphatic rings. The number of ether oxygens (including phenoxy) is 2. The summed E-state index contributed by atoms with van der Waals surface area (Å²) in [6.45, 7) is 4.09. The van der Waals surface area contributed by atoms with Gasteiger partial charge in [0.25, 0.3) is 0 Å². The molecule has 2 rings (SSSR count). The zero-order valence-corrected chi connectivity index (χ0v) is 12.1. The SMILES string of the molecule is Cc1cc(F)ccc1OCC1(CBr)CCOCC1. The summed E-state index contributed by atoms with van der Waals surface area (Å²) >= 11 is 3.58. The monoisotopic (exact) mass is 316 g/mol. The summed E-state index contributed by atoms with van der Waals surface area (Å²) in [5, 5.41) is 0.906. The van der Waals surface area contributed by atoms with E-state index in [1.807, 2.05) is 6.92 Å². The Morgan fingerprint density at radius 1 is 1.39 bits per heavy atom. The molecule has 4 heteroatoms. The average molecular weight is 317 g/mol. The van der Waals surface area contributed by atoms with Gasteiger partial charge in [0.2, 0.25) is 0 Å². The van der Waals surface area contributed by atoms with Crippen molar-refractivity contribution in [1.82, 2.24) is 0 Å². The van der Waals surface area contributed by atoms with E-state index in [9.17, 15) is 4.39 Å². The number of hydrogen-bond acceptors (Lipinski definition) is 2. The first-order valence-electron chi connectivity index (χ1n) is 6.18. The van der Waals surface area contributed by atoms with Crippen LogP contribution in [0.2, 0.25) is 0 Å². The molecule has 0 spiro atoms. The van der Waals surface area contributed by atoms with Crippen LogP contribution in [0, 0.1) is 18.2 Å². The van der Waals surface area contributed by atoms with Crippen LogP contribution in [0.25, 0.3) is 0 Å². The van der Waals surface area contributed by atoms with Crippen molar-refractivity contribution in [2.75, 3.05) is 25.2 Å². The van der Waals surface area contributed by atoms with Crippen LogP contribution in [0.4, 0.5) is 4.39 Å². The Morgan fingerprint density at radius 2 is 2.11 bits per heavy atom. The fraction of sp³-hybridized carbons (Fsp3) is 0.571. The molecule has 1 aliphatic heterocycles. The average Bonchev–Trinajstić information content (AvgIpc) is 2.39. The Balaban J connectivity index is 2.01. The van der Waals surface area contributed by atoms with Crippen LogP contribution in [0.15, 0.2) is 18.2 Å². The second-order valence-corrected chi connectivity index (χ2v) is 5.51. The van der Waals surface area contributed by atoms with Gasteiger partial charge in [0, 0.05) is 24.0 Å². The van der Waals surface area contributed by atoms with Gasteiger partial charge in [-0.15, -0.1) is 0 Å². The van der Waals surface area contributed by atoms with Crippen molar-refractivity contribution in [3.05, 3.63) is 29.6 Å². The summed E-state index contributed by atoms with van der Waals surface area (Å²) in [5.41, 5.74) is 0.978. The number of aryl methyl sites for hydroxylation is 1. The molecule has 0 unspecified atom stereocenters. The Labute approximate surface area is 116 Å². The van der Waals surface area contributed by atoms with E-state index in [0.29, 0.717) is 6.61 Å². The predicted molar refractivity (Wildman–Crippen MR) is 72.9 cm³/mol. The molecule has 1 fully saturated rings. The zero-order chi connectivity index (χ0) is 13.0. The van der Waals surface area contributed by atoms with E-state index in [1.165, 1.54) is 12.1 Å². The lowest BCUT2D eigenvalue weighted by atomic mass is 9.83. The third kappa shape index (κ3) is 3.23. The lowest BCUT2D eigenvalue weighted by Gasteiger charge is -2.35. The van der Waals surface area contributed by atoms with Crippen LogP contribution in [0.3, 0.4) is 0 Å². The quantitative estimate of drug-likeness (QED) is 0.788. The van der Waals surface area contributed by atoms with Crippen LogP contribution < -0.4 is 4.74 Å². The molecule has 0 aliphatic carbocycles. The van der Waals surface area contributed by atoms with Crippen molar-refractivity contribution in [2.24, 2.45) is 5.41 Å². The summed E-state index contributed by atoms with van der Waals surface area (Å²) in [4.78, 5) is 0. The van der Waals surface area contributed by atoms with Gasteiger partial charge >= 0.3 is 0 Å². The number of benzene rings is 1. The van der Waals surface area contributed by atoms with Gasteiger partial charge in [-0.1, -0.05) is 15.9 Å². The number of rotatable bonds is 4. The summed E-state index contributed by atoms with van der Waals surface area (Å²) in [7, 11) is 0. The maximum atomic E-state index is 13.0. The molecule has 1 saturated heterocycles. The van der Waals surface area contributed by atoms with Crippen LogP contribution in [0.5, 0.6) is 5.75 Å². The van der Waals surface area contributed by atoms with Gasteiger partial charge < -0.3 is 9.47 Å². The van der Waals surface area contributed by atoms with Gasteiger partial charge in [-0.05, 0) is 43.5 Å². The Morgan fingerprint density at radius 3 is 2.72 bits per heavy atom. The van der Waals surface area contributed by atoms with Gasteiger partial charge in [-0.25, -0.2) is 4.39 Å². The second kappa shape index (κ2) is 6.02. The first kappa shape index (κ1) is 13.8. The summed E-state index contributed by atoms with van der Waals surface area (Å²) in [5.74, 6) is 0.546. The molecule has 0 atom stereocenters. The van der Waals surface area contributed by atoms with Crippen LogP contribution >= 0.6 is 15.9 Å². The molecule has 0 bridgehead atoms. The Kier molecular flexibility index (Phi) is 4.62. The van der Waals surface area contributed by atoms with Gasteiger partial charge in [-0.2, -0.15) is 0 Å². The molecule has 0 radical (unpaired) electrons. The van der Waals surface area contributed by atoms with Crippen molar-refractivity contribution in [3.8, 4) is 5.75 Å². The summed E-state index contributed by atoms with van der Waals surface area (Å²) in [6.07, 6.45) is 2.00. The molecule has 1 aromatic carbocycles. The fourth-order valence-electron chi connectivity index (χ4n) is 2.13. The molecular formula is C14H18BrFO2. The fourth-order valence-corrected chi connectivity index (χ4v) is 2.85. The minimum atomic E-state index is -0.221. The summed E-state index contributed by atoms with van der Waals surface area (Å²) < 4.78 is 24.3. The highest BCUT2D eigenvalue weighted by molar-refractivity contribution is 9.09. The van der Waals surface area contributed by atoms with Gasteiger partial charge in [0.1, 0.15) is 11.6 Å². The highest BCUT2D eigenvalue weighted by Crippen LogP contribution is 2.33. The standard InChI is InChI=1S/C14H18BrFO2/c1-11-8-12(16)2-3-13(11)18-10-14(9-15)4-6-17-7-5-14/h2-3,8H,4-7,9-10H2,1H3. The molecule has 0 N–H and O–H groups in total. The largest absolute Gasteiger partial charge is 0.493 e. The van der Waals surface area contributed by atoms with E-state index >= 15 is 0 Å². The van der Waals surface area contributed by atoms with E-state index < -0.39 is 0 Å². The summed E-state index contributed by atoms with van der Waals surface area (Å²) in [6, 6.07) is 4.64. The molecule has 1 aromatic rings. The van der Waals surface area contributed by atoms with Crippen LogP contribution in [-0.2, 0) is 4.74 Å². The molecule has 0 saturated carbocycles. The van der Waals surface area contributed by atoms with Gasteiger partial charge in [0.15, 0.2) is 0 Å². The van der Waals surface area contributed by atoms with E-state index in [-0.39, 0.29) is 11.2 Å². The maximum absolute atomic E-state index is 13.0. The van der Waals surface area contributed by atoms with E-state index in [2.05, 4.69) is 15.9 Å². The minimum absolute atomic E-state index is 0.138. The smallest absolute Gasteiger partial charge is 0.123 e. The van der Waals surface area contributed by atoms with Crippen LogP contribution in [0.1, 0.15) is 18.4 Å². The molecule has 18 heavy (non-hydrogen) atoms. The molecule has 100 valence electrons. The number of halogens is 2. The molecule has 0 aromatic heterocycles. The normalized spacial score (nSPS) is 18.6. The number of alkyl halides is 1. The second-order valence-electron chi connectivity index (χ2n) is 4.94. The first-order chi connectivity index (χ1) is 8.65. The topological polar surface area (TPSA) is 18.5 Å². The van der Waals surface area contributed by atoms with E-state index in [1.54, 1.807) is 6.07 Å². The zero-order valence-electron chi connectivity index (χ0n) is 10.5. The Bertz CT molecular complexity index is 403. The minimum Gasteiger partial charge on any atom is -0.493 e. The lowest BCUT2D eigenvalue weighted by molar-refractivity contribution is 0.00342. The van der Waals surface area contributed by atoms with Crippen molar-refractivity contribution in [1.29, 1.82) is 0 Å². The van der Waals surface area contributed by atoms with Crippen molar-refractivity contribution >= 4 is 15.9 Å². The third-order valence-corrected chi connectivity index (χ3v) is 4.70.